The van der Waals surface area contributed by atoms with Crippen molar-refractivity contribution in [3.8, 4) is 0 Å². The van der Waals surface area contributed by atoms with Crippen LogP contribution < -0.4 is 0 Å². The topological polar surface area (TPSA) is 0 Å². The van der Waals surface area contributed by atoms with Crippen molar-refractivity contribution < 1.29 is 0 Å². The third-order valence-electron chi connectivity index (χ3n) is 3.84. The average molecular weight is 314 g/mol. The van der Waals surface area contributed by atoms with Gasteiger partial charge in [0, 0.05) is 0 Å². The summed E-state index contributed by atoms with van der Waals surface area (Å²) >= 11 is 0. The lowest BCUT2D eigenvalue weighted by molar-refractivity contribution is 1.43. The van der Waals surface area contributed by atoms with E-state index in [4.69, 9.17) is 0 Å². The molecule has 0 spiro atoms. The van der Waals surface area contributed by atoms with E-state index in [-0.39, 0.29) is 0 Å². The Morgan fingerprint density at radius 3 is 1.42 bits per heavy atom. The zero-order valence-electron chi connectivity index (χ0n) is 15.1. The normalized spacial score (nSPS) is 9.67. The van der Waals surface area contributed by atoms with Crippen LogP contribution in [0.25, 0.3) is 11.6 Å². The molecule has 0 amide bonds. The van der Waals surface area contributed by atoms with Gasteiger partial charge in [-0.25, -0.2) is 0 Å². The first-order valence-electron chi connectivity index (χ1n) is 8.63. The molecule has 24 heavy (non-hydrogen) atoms. The summed E-state index contributed by atoms with van der Waals surface area (Å²) in [4.78, 5) is 0. The van der Waals surface area contributed by atoms with Gasteiger partial charge in [-0.3, -0.25) is 0 Å². The molecule has 0 N–H and O–H groups in total. The van der Waals surface area contributed by atoms with Crippen molar-refractivity contribution in [2.45, 2.75) is 27.7 Å². The maximum absolute atomic E-state index is 2.26. The molecule has 0 aliphatic carbocycles. The van der Waals surface area contributed by atoms with E-state index >= 15 is 0 Å². The highest BCUT2D eigenvalue weighted by Crippen LogP contribution is 2.26. The molecule has 0 heterocycles. The minimum atomic E-state index is 1.22. The molecular weight excluding hydrogens is 288 g/mol. The number of aryl methyl sites for hydroxylation is 2. The molecule has 0 bridgehead atoms. The van der Waals surface area contributed by atoms with Gasteiger partial charge in [-0.2, -0.15) is 0 Å². The van der Waals surface area contributed by atoms with Crippen LogP contribution in [0.15, 0.2) is 78.9 Å². The third kappa shape index (κ3) is 4.70. The quantitative estimate of drug-likeness (QED) is 0.460. The fraction of sp³-hybridized carbons (Fsp3) is 0.167. The Morgan fingerprint density at radius 2 is 1.00 bits per heavy atom. The molecule has 0 unspecified atom stereocenters. The fourth-order valence-corrected chi connectivity index (χ4v) is 2.52. The fourth-order valence-electron chi connectivity index (χ4n) is 2.52. The van der Waals surface area contributed by atoms with E-state index in [0.717, 1.165) is 0 Å². The molecular formula is C24H26. The molecule has 0 nitrogen and oxygen atoms in total. The maximum atomic E-state index is 2.26. The lowest BCUT2D eigenvalue weighted by Gasteiger charge is -2.10. The van der Waals surface area contributed by atoms with E-state index in [1.807, 2.05) is 13.8 Å². The summed E-state index contributed by atoms with van der Waals surface area (Å²) in [6.45, 7) is 8.24. The average Bonchev–Trinajstić information content (AvgIpc) is 2.64. The van der Waals surface area contributed by atoms with Crippen molar-refractivity contribution in [1.82, 2.24) is 0 Å². The maximum Gasteiger partial charge on any atom is -0.0105 e. The van der Waals surface area contributed by atoms with E-state index in [9.17, 15) is 0 Å². The lowest BCUT2D eigenvalue weighted by atomic mass is 9.94. The minimum absolute atomic E-state index is 1.22. The van der Waals surface area contributed by atoms with Crippen LogP contribution in [0, 0.1) is 13.8 Å². The first-order chi connectivity index (χ1) is 11.7. The number of rotatable bonds is 3. The van der Waals surface area contributed by atoms with Gasteiger partial charge in [0.25, 0.3) is 0 Å². The number of hydrogen-bond donors (Lipinski definition) is 0. The minimum Gasteiger partial charge on any atom is -0.0683 e. The van der Waals surface area contributed by atoms with Crippen LogP contribution >= 0.6 is 0 Å². The predicted octanol–water partition coefficient (Wildman–Crippen LogP) is 6.92. The van der Waals surface area contributed by atoms with E-state index < -0.39 is 0 Å². The zero-order valence-corrected chi connectivity index (χ0v) is 15.1. The van der Waals surface area contributed by atoms with Gasteiger partial charge in [0.1, 0.15) is 0 Å². The molecule has 0 aromatic heterocycles. The highest BCUT2D eigenvalue weighted by molar-refractivity contribution is 5.91. The van der Waals surface area contributed by atoms with Crippen LogP contribution in [-0.4, -0.2) is 0 Å². The summed E-state index contributed by atoms with van der Waals surface area (Å²) in [6.07, 6.45) is 2.26. The van der Waals surface area contributed by atoms with Gasteiger partial charge in [-0.05, 0) is 42.2 Å². The van der Waals surface area contributed by atoms with Gasteiger partial charge in [0.2, 0.25) is 0 Å². The van der Waals surface area contributed by atoms with Crippen LogP contribution in [0.1, 0.15) is 41.7 Å². The molecule has 3 aromatic carbocycles. The van der Waals surface area contributed by atoms with Crippen LogP contribution in [0.3, 0.4) is 0 Å². The Balaban J connectivity index is 0.00000100. The SMILES string of the molecule is CC.Cc1ccc(C(=Cc2ccccc2)c2ccc(C)cc2)cc1. The lowest BCUT2D eigenvalue weighted by Crippen LogP contribution is -1.89. The van der Waals surface area contributed by atoms with Crippen molar-refractivity contribution in [2.75, 3.05) is 0 Å². The van der Waals surface area contributed by atoms with E-state index in [1.54, 1.807) is 0 Å². The molecule has 0 saturated heterocycles. The first-order valence-corrected chi connectivity index (χ1v) is 8.63. The largest absolute Gasteiger partial charge is 0.0683 e. The molecule has 3 aromatic rings. The summed E-state index contributed by atoms with van der Waals surface area (Å²) in [5, 5.41) is 0. The van der Waals surface area contributed by atoms with Crippen molar-refractivity contribution in [2.24, 2.45) is 0 Å². The van der Waals surface area contributed by atoms with Gasteiger partial charge in [-0.15, -0.1) is 0 Å². The Morgan fingerprint density at radius 1 is 0.583 bits per heavy atom. The zero-order chi connectivity index (χ0) is 17.4. The predicted molar refractivity (Wildman–Crippen MR) is 107 cm³/mol. The van der Waals surface area contributed by atoms with E-state index in [1.165, 1.54) is 33.4 Å². The van der Waals surface area contributed by atoms with Gasteiger partial charge in [0.15, 0.2) is 0 Å². The van der Waals surface area contributed by atoms with Crippen LogP contribution in [-0.2, 0) is 0 Å². The first kappa shape index (κ1) is 17.7. The second-order valence-electron chi connectivity index (χ2n) is 5.70. The molecule has 0 heteroatoms. The Labute approximate surface area is 146 Å². The van der Waals surface area contributed by atoms with Crippen molar-refractivity contribution in [3.05, 3.63) is 107 Å². The van der Waals surface area contributed by atoms with Crippen LogP contribution in [0.5, 0.6) is 0 Å². The molecule has 0 radical (unpaired) electrons. The summed E-state index contributed by atoms with van der Waals surface area (Å²) in [5.74, 6) is 0. The molecule has 0 fully saturated rings. The molecule has 122 valence electrons. The molecule has 0 saturated carbocycles. The summed E-state index contributed by atoms with van der Waals surface area (Å²) < 4.78 is 0. The molecule has 0 atom stereocenters. The standard InChI is InChI=1S/C22H20.C2H6/c1-17-8-12-20(13-9-17)22(16-19-6-4-3-5-7-19)21-14-10-18(2)11-15-21;1-2/h3-16H,1-2H3;1-2H3. The Bertz CT molecular complexity index is 713. The molecule has 0 aliphatic rings. The Hall–Kier alpha value is -2.60. The van der Waals surface area contributed by atoms with E-state index in [2.05, 4.69) is 98.8 Å². The van der Waals surface area contributed by atoms with Crippen LogP contribution in [0.2, 0.25) is 0 Å². The van der Waals surface area contributed by atoms with Crippen molar-refractivity contribution in [3.63, 3.8) is 0 Å². The molecule has 0 aliphatic heterocycles. The summed E-state index contributed by atoms with van der Waals surface area (Å²) in [5.41, 5.74) is 7.54. The van der Waals surface area contributed by atoms with E-state index in [0.29, 0.717) is 0 Å². The third-order valence-corrected chi connectivity index (χ3v) is 3.84. The van der Waals surface area contributed by atoms with Gasteiger partial charge < -0.3 is 0 Å². The monoisotopic (exact) mass is 314 g/mol. The Kier molecular flexibility index (Phi) is 6.57. The smallest absolute Gasteiger partial charge is 0.0105 e. The summed E-state index contributed by atoms with van der Waals surface area (Å²) in [7, 11) is 0. The van der Waals surface area contributed by atoms with Gasteiger partial charge in [-0.1, -0.05) is 104 Å². The van der Waals surface area contributed by atoms with Crippen LogP contribution in [0.4, 0.5) is 0 Å². The number of hydrogen-bond acceptors (Lipinski definition) is 0. The number of benzene rings is 3. The second-order valence-corrected chi connectivity index (χ2v) is 5.70. The van der Waals surface area contributed by atoms with Gasteiger partial charge in [0.05, 0.1) is 0 Å². The summed E-state index contributed by atoms with van der Waals surface area (Å²) in [6, 6.07) is 28.0. The van der Waals surface area contributed by atoms with Gasteiger partial charge >= 0.3 is 0 Å². The van der Waals surface area contributed by atoms with Crippen molar-refractivity contribution >= 4 is 11.6 Å². The highest BCUT2D eigenvalue weighted by Gasteiger charge is 2.05. The van der Waals surface area contributed by atoms with Crippen molar-refractivity contribution in [1.29, 1.82) is 0 Å². The highest BCUT2D eigenvalue weighted by atomic mass is 14.1. The molecule has 3 rings (SSSR count). The second kappa shape index (κ2) is 8.88.